The van der Waals surface area contributed by atoms with E-state index in [0.717, 1.165) is 7.89 Å². The normalized spacial score (nSPS) is 16.2. The van der Waals surface area contributed by atoms with E-state index in [0.29, 0.717) is 0 Å². The Morgan fingerprint density at radius 3 is 0.944 bits per heavy atom. The third-order valence-corrected chi connectivity index (χ3v) is 21.0. The predicted molar refractivity (Wildman–Crippen MR) is 399 cm³/mol. The molecule has 1 aliphatic heterocycles. The van der Waals surface area contributed by atoms with Gasteiger partial charge in [0.25, 0.3) is 0 Å². The summed E-state index contributed by atoms with van der Waals surface area (Å²) in [6, 6.07) is 74.5. The van der Waals surface area contributed by atoms with Gasteiger partial charge in [-0.2, -0.15) is 0 Å². The van der Waals surface area contributed by atoms with Gasteiger partial charge in [-0.1, -0.05) is 354 Å². The van der Waals surface area contributed by atoms with E-state index in [9.17, 15) is 0 Å². The van der Waals surface area contributed by atoms with Crippen molar-refractivity contribution in [2.75, 3.05) is 0 Å². The summed E-state index contributed by atoms with van der Waals surface area (Å²) in [4.78, 5) is 0. The number of hydrogen-bond donors (Lipinski definition) is 0. The van der Waals surface area contributed by atoms with Crippen LogP contribution in [-0.4, -0.2) is 11.1 Å². The topological polar surface area (TPSA) is 0 Å². The van der Waals surface area contributed by atoms with E-state index in [1.54, 1.807) is 0 Å². The summed E-state index contributed by atoms with van der Waals surface area (Å²) in [5.74, 6) is 2.66. The SMILES string of the molecule is CC(C)(C)c1ccc(C2=C(c3ccc(C(C)(C)C)cc3C(C)(C)C)/C(c3ccc(C(C)(C)C)cc3C(C)(C)C)=C(/c3ccc(C(C)(C)C)cc3C(C)(C)C)C(c3ccccc3)(c3ccccc3)C(c3ccc(-c4ccccc4)cc3)=PP=C2)c(C(C)(C)C)c1. The quantitative estimate of drug-likeness (QED) is 0.133. The van der Waals surface area contributed by atoms with Gasteiger partial charge in [-0.25, -0.2) is 0 Å². The largest absolute Gasteiger partial charge is 0.0765 e. The predicted octanol–water partition coefficient (Wildman–Crippen LogP) is 25.1. The van der Waals surface area contributed by atoms with Crippen LogP contribution in [0.1, 0.15) is 250 Å². The summed E-state index contributed by atoms with van der Waals surface area (Å²) in [5, 5.41) is 1.34. The minimum absolute atomic E-state index is 0.0704. The van der Waals surface area contributed by atoms with Crippen molar-refractivity contribution in [3.63, 3.8) is 0 Å². The Balaban J connectivity index is 1.77. The van der Waals surface area contributed by atoms with Gasteiger partial charge in [0.15, 0.2) is 0 Å². The molecular weight excluding hydrogens is 1110 g/mol. The zero-order valence-electron chi connectivity index (χ0n) is 58.9. The summed E-state index contributed by atoms with van der Waals surface area (Å²) < 4.78 is 0. The number of rotatable bonds is 8. The average Bonchev–Trinajstić information content (AvgIpc) is 1.51. The highest BCUT2D eigenvalue weighted by atomic mass is 32.0. The van der Waals surface area contributed by atoms with Crippen molar-refractivity contribution < 1.29 is 0 Å². The van der Waals surface area contributed by atoms with Crippen LogP contribution in [0.3, 0.4) is 0 Å². The number of allylic oxidation sites excluding steroid dienone is 4. The fourth-order valence-electron chi connectivity index (χ4n) is 13.2. The molecule has 0 aromatic heterocycles. The van der Waals surface area contributed by atoms with Crippen LogP contribution in [0.25, 0.3) is 33.4 Å². The van der Waals surface area contributed by atoms with Gasteiger partial charge < -0.3 is 0 Å². The third-order valence-electron chi connectivity index (χ3n) is 18.4. The van der Waals surface area contributed by atoms with Crippen LogP contribution in [0.2, 0.25) is 0 Å². The van der Waals surface area contributed by atoms with Crippen molar-refractivity contribution in [1.29, 1.82) is 0 Å². The van der Waals surface area contributed by atoms with Gasteiger partial charge in [-0.3, -0.25) is 0 Å². The van der Waals surface area contributed by atoms with Gasteiger partial charge in [-0.15, -0.1) is 0 Å². The molecule has 0 aliphatic carbocycles. The summed E-state index contributed by atoms with van der Waals surface area (Å²) in [7, 11) is 2.32. The molecule has 0 N–H and O–H groups in total. The molecule has 0 fully saturated rings. The summed E-state index contributed by atoms with van der Waals surface area (Å²) in [5.41, 5.74) is 24.5. The van der Waals surface area contributed by atoms with E-state index in [2.05, 4.69) is 360 Å². The molecule has 462 valence electrons. The first-order valence-electron chi connectivity index (χ1n) is 32.7. The molecule has 0 unspecified atom stereocenters. The molecule has 89 heavy (non-hydrogen) atoms. The van der Waals surface area contributed by atoms with Crippen molar-refractivity contribution in [3.8, 4) is 11.1 Å². The van der Waals surface area contributed by atoms with Gasteiger partial charge in [-0.05, 0) is 182 Å². The molecule has 0 nitrogen and oxygen atoms in total. The number of hydrogen-bond acceptors (Lipinski definition) is 0. The minimum atomic E-state index is -0.938. The van der Waals surface area contributed by atoms with Crippen LogP contribution in [0, 0.1) is 0 Å². The maximum Gasteiger partial charge on any atom is 0.0765 e. The Bertz CT molecular complexity index is 3960. The summed E-state index contributed by atoms with van der Waals surface area (Å²) in [6.45, 7) is 57.8. The van der Waals surface area contributed by atoms with E-state index in [4.69, 9.17) is 0 Å². The Kier molecular flexibility index (Phi) is 18.3. The lowest BCUT2D eigenvalue weighted by Gasteiger charge is -2.44. The van der Waals surface area contributed by atoms with Crippen molar-refractivity contribution >= 4 is 49.2 Å². The maximum absolute atomic E-state index is 2.66. The van der Waals surface area contributed by atoms with Crippen molar-refractivity contribution in [3.05, 3.63) is 272 Å². The monoisotopic (exact) mass is 1210 g/mol. The average molecular weight is 1210 g/mol. The van der Waals surface area contributed by atoms with Crippen LogP contribution in [-0.2, 0) is 48.7 Å². The van der Waals surface area contributed by atoms with Gasteiger partial charge in [0.2, 0.25) is 0 Å². The fourth-order valence-corrected chi connectivity index (χ4v) is 16.2. The highest BCUT2D eigenvalue weighted by Gasteiger charge is 2.49. The summed E-state index contributed by atoms with van der Waals surface area (Å²) >= 11 is 0. The van der Waals surface area contributed by atoms with E-state index in [-0.39, 0.29) is 43.3 Å². The molecule has 0 saturated heterocycles. The zero-order valence-corrected chi connectivity index (χ0v) is 60.7. The highest BCUT2D eigenvalue weighted by molar-refractivity contribution is 8.10. The minimum Gasteiger partial charge on any atom is -0.0622 e. The van der Waals surface area contributed by atoms with Crippen molar-refractivity contribution in [1.82, 2.24) is 0 Å². The smallest absolute Gasteiger partial charge is 0.0622 e. The molecule has 1 aliphatic rings. The Morgan fingerprint density at radius 2 is 0.573 bits per heavy atom. The lowest BCUT2D eigenvalue weighted by atomic mass is 9.58. The van der Waals surface area contributed by atoms with Gasteiger partial charge in [0.05, 0.1) is 5.41 Å². The van der Waals surface area contributed by atoms with Crippen LogP contribution in [0.5, 0.6) is 0 Å². The van der Waals surface area contributed by atoms with E-state index in [1.807, 2.05) is 0 Å². The zero-order chi connectivity index (χ0) is 65.2. The van der Waals surface area contributed by atoms with Gasteiger partial charge in [0.1, 0.15) is 0 Å². The Morgan fingerprint density at radius 1 is 0.270 bits per heavy atom. The molecule has 9 rings (SSSR count). The molecule has 2 heteroatoms. The highest BCUT2D eigenvalue weighted by Crippen LogP contribution is 2.60. The first kappa shape index (κ1) is 67.0. The molecule has 0 amide bonds. The van der Waals surface area contributed by atoms with Crippen LogP contribution < -0.4 is 0 Å². The molecule has 1 heterocycles. The molecule has 0 saturated carbocycles. The Labute approximate surface area is 543 Å². The second-order valence-corrected chi connectivity index (χ2v) is 36.1. The Hall–Kier alpha value is -6.42. The van der Waals surface area contributed by atoms with Crippen molar-refractivity contribution in [2.45, 2.75) is 215 Å². The second-order valence-electron chi connectivity index (χ2n) is 33.7. The lowest BCUT2D eigenvalue weighted by Crippen LogP contribution is -2.40. The van der Waals surface area contributed by atoms with Crippen molar-refractivity contribution in [2.24, 2.45) is 0 Å². The number of benzene rings is 8. The fraction of sp³-hybridized carbons (Fsp3) is 0.379. The van der Waals surface area contributed by atoms with Gasteiger partial charge in [0, 0.05) is 5.29 Å². The molecular formula is C87H104P2. The van der Waals surface area contributed by atoms with Crippen LogP contribution in [0.15, 0.2) is 188 Å². The van der Waals surface area contributed by atoms with Gasteiger partial charge >= 0.3 is 0 Å². The van der Waals surface area contributed by atoms with Crippen LogP contribution in [0.4, 0.5) is 0 Å². The molecule has 0 atom stereocenters. The first-order chi connectivity index (χ1) is 41.2. The molecule has 0 spiro atoms. The summed E-state index contributed by atoms with van der Waals surface area (Å²) in [6.07, 6.45) is 0. The standard InChI is InChI=1S/C87H104P2/c1-79(2,3)62-44-48-66(71(52-62)83(13,14)15)70-56-88-89-78(59-42-40-58(41-43-59)57-34-28-25-29-35-57)87(60-36-30-26-31-37-60,61-38-32-27-33-39-61)77(69-51-47-65(82(10,11)12)55-74(69)86(22,23)24)76(68-50-46-64(81(7,8)9)54-73(68)85(19,20)21)75(70)67-49-45-63(80(4,5)6)53-72(67)84(16,17)18/h25-56H,1-24H3/b75-70?,77-76-. The first-order valence-corrected chi connectivity index (χ1v) is 35.3. The second kappa shape index (κ2) is 24.3. The third kappa shape index (κ3) is 13.8. The molecule has 0 bridgehead atoms. The molecule has 0 radical (unpaired) electrons. The van der Waals surface area contributed by atoms with E-state index >= 15 is 0 Å². The van der Waals surface area contributed by atoms with E-state index < -0.39 is 5.41 Å². The van der Waals surface area contributed by atoms with Crippen LogP contribution >= 0.6 is 15.8 Å². The molecule has 8 aromatic rings. The molecule has 8 aromatic carbocycles. The van der Waals surface area contributed by atoms with E-state index in [1.165, 1.54) is 130 Å². The lowest BCUT2D eigenvalue weighted by molar-refractivity contribution is 0.565. The maximum atomic E-state index is 2.66.